The van der Waals surface area contributed by atoms with E-state index in [9.17, 15) is 0 Å². The number of nitrogens with two attached hydrogens (primary N) is 1. The van der Waals surface area contributed by atoms with Crippen LogP contribution in [0.4, 0.5) is 5.69 Å². The summed E-state index contributed by atoms with van der Waals surface area (Å²) in [5, 5.41) is 3.32. The lowest BCUT2D eigenvalue weighted by Gasteiger charge is -2.21. The highest BCUT2D eigenvalue weighted by Crippen LogP contribution is 2.28. The third-order valence-electron chi connectivity index (χ3n) is 2.55. The van der Waals surface area contributed by atoms with Crippen LogP contribution < -0.4 is 15.8 Å². The van der Waals surface area contributed by atoms with Gasteiger partial charge in [-0.1, -0.05) is 0 Å². The van der Waals surface area contributed by atoms with Gasteiger partial charge in [-0.2, -0.15) is 0 Å². The first kappa shape index (κ1) is 12.8. The van der Waals surface area contributed by atoms with E-state index in [0.29, 0.717) is 6.54 Å². The van der Waals surface area contributed by atoms with Crippen LogP contribution in [0.25, 0.3) is 0 Å². The topological polar surface area (TPSA) is 47.3 Å². The standard InChI is InChI=1S/C13H22N2O/c1-9-6-11(15-8-13(3,4)14)12(16-5)7-10(9)2/h6-7,15H,8,14H2,1-5H3. The molecule has 3 N–H and O–H groups in total. The van der Waals surface area contributed by atoms with Crippen molar-refractivity contribution in [3.05, 3.63) is 23.3 Å². The monoisotopic (exact) mass is 222 g/mol. The Morgan fingerprint density at radius 1 is 1.25 bits per heavy atom. The second-order valence-corrected chi connectivity index (χ2v) is 4.98. The highest BCUT2D eigenvalue weighted by Gasteiger charge is 2.12. The average Bonchev–Trinajstić information content (AvgIpc) is 2.18. The number of hydrogen-bond acceptors (Lipinski definition) is 3. The summed E-state index contributed by atoms with van der Waals surface area (Å²) in [6, 6.07) is 4.14. The van der Waals surface area contributed by atoms with E-state index >= 15 is 0 Å². The van der Waals surface area contributed by atoms with Crippen molar-refractivity contribution in [3.8, 4) is 5.75 Å². The maximum Gasteiger partial charge on any atom is 0.142 e. The van der Waals surface area contributed by atoms with Crippen molar-refractivity contribution in [2.75, 3.05) is 19.0 Å². The van der Waals surface area contributed by atoms with Crippen molar-refractivity contribution in [1.82, 2.24) is 0 Å². The molecule has 0 saturated carbocycles. The molecule has 0 aliphatic carbocycles. The molecular formula is C13H22N2O. The molecule has 0 aromatic heterocycles. The number of nitrogens with one attached hydrogen (secondary N) is 1. The van der Waals surface area contributed by atoms with E-state index in [-0.39, 0.29) is 5.54 Å². The van der Waals surface area contributed by atoms with Crippen molar-refractivity contribution in [3.63, 3.8) is 0 Å². The molecule has 3 nitrogen and oxygen atoms in total. The number of anilines is 1. The predicted octanol–water partition coefficient (Wildman–Crippen LogP) is 2.46. The molecule has 0 bridgehead atoms. The molecule has 0 atom stereocenters. The Balaban J connectivity index is 2.90. The van der Waals surface area contributed by atoms with Crippen molar-refractivity contribution >= 4 is 5.69 Å². The van der Waals surface area contributed by atoms with Crippen molar-refractivity contribution in [2.24, 2.45) is 5.73 Å². The number of aryl methyl sites for hydroxylation is 2. The van der Waals surface area contributed by atoms with Gasteiger partial charge in [0.1, 0.15) is 5.75 Å². The zero-order valence-corrected chi connectivity index (χ0v) is 10.8. The van der Waals surface area contributed by atoms with Crippen LogP contribution in [0.2, 0.25) is 0 Å². The second-order valence-electron chi connectivity index (χ2n) is 4.98. The fourth-order valence-electron chi connectivity index (χ4n) is 1.42. The molecule has 0 aliphatic heterocycles. The molecule has 0 spiro atoms. The summed E-state index contributed by atoms with van der Waals surface area (Å²) in [6.45, 7) is 8.87. The van der Waals surface area contributed by atoms with Gasteiger partial charge in [-0.25, -0.2) is 0 Å². The predicted molar refractivity (Wildman–Crippen MR) is 69.2 cm³/mol. The van der Waals surface area contributed by atoms with Gasteiger partial charge in [0.15, 0.2) is 0 Å². The summed E-state index contributed by atoms with van der Waals surface area (Å²) in [5.41, 5.74) is 9.19. The molecule has 0 fully saturated rings. The molecule has 0 heterocycles. The first-order valence-corrected chi connectivity index (χ1v) is 5.51. The Bertz CT molecular complexity index is 367. The van der Waals surface area contributed by atoms with E-state index in [1.54, 1.807) is 7.11 Å². The molecule has 3 heteroatoms. The van der Waals surface area contributed by atoms with Crippen LogP contribution in [-0.2, 0) is 0 Å². The quantitative estimate of drug-likeness (QED) is 0.822. The maximum absolute atomic E-state index is 5.94. The van der Waals surface area contributed by atoms with E-state index in [1.807, 2.05) is 19.9 Å². The summed E-state index contributed by atoms with van der Waals surface area (Å²) in [6.07, 6.45) is 0. The molecule has 1 aromatic rings. The summed E-state index contributed by atoms with van der Waals surface area (Å²) < 4.78 is 5.34. The number of rotatable bonds is 4. The van der Waals surface area contributed by atoms with Crippen molar-refractivity contribution in [2.45, 2.75) is 33.2 Å². The minimum absolute atomic E-state index is 0.232. The lowest BCUT2D eigenvalue weighted by Crippen LogP contribution is -2.39. The highest BCUT2D eigenvalue weighted by molar-refractivity contribution is 5.60. The van der Waals surface area contributed by atoms with Crippen molar-refractivity contribution in [1.29, 1.82) is 0 Å². The Kier molecular flexibility index (Phi) is 3.81. The molecule has 0 saturated heterocycles. The molecule has 0 radical (unpaired) electrons. The fraction of sp³-hybridized carbons (Fsp3) is 0.538. The van der Waals surface area contributed by atoms with E-state index in [1.165, 1.54) is 11.1 Å². The van der Waals surface area contributed by atoms with Crippen LogP contribution in [-0.4, -0.2) is 19.2 Å². The van der Waals surface area contributed by atoms with E-state index in [0.717, 1.165) is 11.4 Å². The number of benzene rings is 1. The summed E-state index contributed by atoms with van der Waals surface area (Å²) >= 11 is 0. The zero-order chi connectivity index (χ0) is 12.3. The smallest absolute Gasteiger partial charge is 0.142 e. The van der Waals surface area contributed by atoms with Gasteiger partial charge in [0.2, 0.25) is 0 Å². The van der Waals surface area contributed by atoms with Gasteiger partial charge < -0.3 is 15.8 Å². The Morgan fingerprint density at radius 2 is 1.81 bits per heavy atom. The van der Waals surface area contributed by atoms with Crippen molar-refractivity contribution < 1.29 is 4.74 Å². The summed E-state index contributed by atoms with van der Waals surface area (Å²) in [7, 11) is 1.68. The Hall–Kier alpha value is -1.22. The van der Waals surface area contributed by atoms with Crippen LogP contribution in [0, 0.1) is 13.8 Å². The molecule has 0 aliphatic rings. The largest absolute Gasteiger partial charge is 0.495 e. The van der Waals surface area contributed by atoms with Gasteiger partial charge in [0, 0.05) is 12.1 Å². The third kappa shape index (κ3) is 3.42. The van der Waals surface area contributed by atoms with Crippen LogP contribution in [0.1, 0.15) is 25.0 Å². The summed E-state index contributed by atoms with van der Waals surface area (Å²) in [5.74, 6) is 0.868. The molecular weight excluding hydrogens is 200 g/mol. The third-order valence-corrected chi connectivity index (χ3v) is 2.55. The summed E-state index contributed by atoms with van der Waals surface area (Å²) in [4.78, 5) is 0. The van der Waals surface area contributed by atoms with Crippen LogP contribution >= 0.6 is 0 Å². The van der Waals surface area contributed by atoms with E-state index in [4.69, 9.17) is 10.5 Å². The minimum Gasteiger partial charge on any atom is -0.495 e. The Labute approximate surface area is 98.0 Å². The molecule has 0 amide bonds. The minimum atomic E-state index is -0.232. The van der Waals surface area contributed by atoms with E-state index in [2.05, 4.69) is 25.2 Å². The number of ether oxygens (including phenoxy) is 1. The van der Waals surface area contributed by atoms with E-state index < -0.39 is 0 Å². The van der Waals surface area contributed by atoms with Gasteiger partial charge in [-0.3, -0.25) is 0 Å². The maximum atomic E-state index is 5.94. The number of methoxy groups -OCH3 is 1. The lowest BCUT2D eigenvalue weighted by atomic mass is 10.1. The first-order valence-electron chi connectivity index (χ1n) is 5.51. The van der Waals surface area contributed by atoms with Gasteiger partial charge in [-0.15, -0.1) is 0 Å². The van der Waals surface area contributed by atoms with Gasteiger partial charge in [0.05, 0.1) is 12.8 Å². The SMILES string of the molecule is COc1cc(C)c(C)cc1NCC(C)(C)N. The normalized spacial score (nSPS) is 11.4. The molecule has 16 heavy (non-hydrogen) atoms. The zero-order valence-electron chi connectivity index (χ0n) is 10.8. The Morgan fingerprint density at radius 3 is 2.31 bits per heavy atom. The highest BCUT2D eigenvalue weighted by atomic mass is 16.5. The average molecular weight is 222 g/mol. The van der Waals surface area contributed by atoms with Crippen LogP contribution in [0.3, 0.4) is 0 Å². The van der Waals surface area contributed by atoms with Gasteiger partial charge >= 0.3 is 0 Å². The van der Waals surface area contributed by atoms with Crippen LogP contribution in [0.5, 0.6) is 5.75 Å². The first-order chi connectivity index (χ1) is 7.33. The molecule has 90 valence electrons. The molecule has 1 rings (SSSR count). The lowest BCUT2D eigenvalue weighted by molar-refractivity contribution is 0.415. The number of hydrogen-bond donors (Lipinski definition) is 2. The van der Waals surface area contributed by atoms with Crippen LogP contribution in [0.15, 0.2) is 12.1 Å². The molecule has 0 unspecified atom stereocenters. The van der Waals surface area contributed by atoms with Gasteiger partial charge in [0.25, 0.3) is 0 Å². The molecule has 1 aromatic carbocycles. The van der Waals surface area contributed by atoms with Gasteiger partial charge in [-0.05, 0) is 51.0 Å². The fourth-order valence-corrected chi connectivity index (χ4v) is 1.42. The second kappa shape index (κ2) is 4.74.